The maximum Gasteiger partial charge on any atom is 0.317 e. The fourth-order valence-electron chi connectivity index (χ4n) is 4.67. The molecule has 23 heavy (non-hydrogen) atoms. The molecule has 0 radical (unpaired) electrons. The van der Waals surface area contributed by atoms with Crippen molar-refractivity contribution in [3.05, 3.63) is 0 Å². The van der Waals surface area contributed by atoms with Crippen LogP contribution in [0.1, 0.15) is 57.8 Å². The molecule has 2 heterocycles. The molecule has 2 aliphatic heterocycles. The minimum atomic E-state index is 0.0195. The largest absolute Gasteiger partial charge is 0.394 e. The Hall–Kier alpha value is -0.810. The Morgan fingerprint density at radius 3 is 2.48 bits per heavy atom. The van der Waals surface area contributed by atoms with Gasteiger partial charge in [0.25, 0.3) is 0 Å². The lowest BCUT2D eigenvalue weighted by Crippen LogP contribution is -2.48. The number of nitrogens with one attached hydrogen (secondary N) is 1. The van der Waals surface area contributed by atoms with Gasteiger partial charge in [-0.25, -0.2) is 4.79 Å². The van der Waals surface area contributed by atoms with Crippen LogP contribution < -0.4 is 5.32 Å². The maximum atomic E-state index is 12.4. The van der Waals surface area contributed by atoms with Crippen LogP contribution in [0.5, 0.6) is 0 Å². The normalized spacial score (nSPS) is 30.0. The molecule has 2 unspecified atom stereocenters. The van der Waals surface area contributed by atoms with Crippen LogP contribution in [-0.4, -0.2) is 65.8 Å². The van der Waals surface area contributed by atoms with E-state index in [-0.39, 0.29) is 18.7 Å². The zero-order valence-electron chi connectivity index (χ0n) is 14.4. The SMILES string of the molecule is O=C(NCC1CCCN1CC1CCCCC1)N1CCCC1CO. The minimum absolute atomic E-state index is 0.0195. The second kappa shape index (κ2) is 8.34. The molecular formula is C18H33N3O2. The van der Waals surface area contributed by atoms with E-state index in [0.29, 0.717) is 6.04 Å². The Morgan fingerprint density at radius 1 is 0.957 bits per heavy atom. The predicted octanol–water partition coefficient (Wildman–Crippen LogP) is 2.20. The first-order chi connectivity index (χ1) is 11.3. The van der Waals surface area contributed by atoms with Gasteiger partial charge in [-0.3, -0.25) is 4.90 Å². The molecular weight excluding hydrogens is 290 g/mol. The van der Waals surface area contributed by atoms with E-state index in [1.54, 1.807) is 0 Å². The third-order valence-electron chi connectivity index (χ3n) is 6.05. The first kappa shape index (κ1) is 17.0. The lowest BCUT2D eigenvalue weighted by atomic mass is 9.89. The lowest BCUT2D eigenvalue weighted by molar-refractivity contribution is 0.151. The van der Waals surface area contributed by atoms with Crippen LogP contribution in [0.4, 0.5) is 4.79 Å². The van der Waals surface area contributed by atoms with Gasteiger partial charge in [0.2, 0.25) is 0 Å². The summed E-state index contributed by atoms with van der Waals surface area (Å²) in [6, 6.07) is 0.555. The summed E-state index contributed by atoms with van der Waals surface area (Å²) in [5, 5.41) is 12.5. The summed E-state index contributed by atoms with van der Waals surface area (Å²) in [6.07, 6.45) is 11.4. The number of rotatable bonds is 5. The summed E-state index contributed by atoms with van der Waals surface area (Å²) < 4.78 is 0. The van der Waals surface area contributed by atoms with Crippen molar-refractivity contribution in [2.75, 3.05) is 32.8 Å². The van der Waals surface area contributed by atoms with Crippen LogP contribution in [0.15, 0.2) is 0 Å². The molecule has 0 aromatic carbocycles. The standard InChI is InChI=1S/C18H33N3O2/c22-14-17-9-5-11-21(17)18(23)19-12-16-8-4-10-20(16)13-15-6-2-1-3-7-15/h15-17,22H,1-14H2,(H,19,23). The van der Waals surface area contributed by atoms with E-state index >= 15 is 0 Å². The molecule has 0 aromatic rings. The second-order valence-electron chi connectivity index (χ2n) is 7.65. The summed E-state index contributed by atoms with van der Waals surface area (Å²) in [7, 11) is 0. The highest BCUT2D eigenvalue weighted by atomic mass is 16.3. The molecule has 2 N–H and O–H groups in total. The highest BCUT2D eigenvalue weighted by molar-refractivity contribution is 5.74. The van der Waals surface area contributed by atoms with Gasteiger partial charge in [0.1, 0.15) is 0 Å². The van der Waals surface area contributed by atoms with Crippen molar-refractivity contribution in [1.82, 2.24) is 15.1 Å². The molecule has 0 aromatic heterocycles. The molecule has 3 fully saturated rings. The lowest BCUT2D eigenvalue weighted by Gasteiger charge is -2.31. The van der Waals surface area contributed by atoms with E-state index < -0.39 is 0 Å². The number of hydrogen-bond acceptors (Lipinski definition) is 3. The van der Waals surface area contributed by atoms with Gasteiger partial charge in [-0.15, -0.1) is 0 Å². The minimum Gasteiger partial charge on any atom is -0.394 e. The molecule has 5 nitrogen and oxygen atoms in total. The molecule has 0 bridgehead atoms. The molecule has 5 heteroatoms. The summed E-state index contributed by atoms with van der Waals surface area (Å²) in [5.41, 5.74) is 0. The molecule has 3 aliphatic rings. The Labute approximate surface area is 140 Å². The van der Waals surface area contributed by atoms with Crippen molar-refractivity contribution in [3.8, 4) is 0 Å². The number of amides is 2. The Kier molecular flexibility index (Phi) is 6.17. The van der Waals surface area contributed by atoms with Gasteiger partial charge in [-0.05, 0) is 51.0 Å². The van der Waals surface area contributed by atoms with Crippen LogP contribution in [0.25, 0.3) is 0 Å². The van der Waals surface area contributed by atoms with E-state index in [1.165, 1.54) is 58.0 Å². The van der Waals surface area contributed by atoms with Crippen molar-refractivity contribution < 1.29 is 9.90 Å². The number of carbonyl (C=O) groups is 1. The molecule has 2 saturated heterocycles. The Morgan fingerprint density at radius 2 is 1.70 bits per heavy atom. The number of nitrogens with zero attached hydrogens (tertiary/aromatic N) is 2. The monoisotopic (exact) mass is 323 g/mol. The van der Waals surface area contributed by atoms with Gasteiger partial charge in [-0.2, -0.15) is 0 Å². The van der Waals surface area contributed by atoms with Crippen molar-refractivity contribution in [1.29, 1.82) is 0 Å². The summed E-state index contributed by atoms with van der Waals surface area (Å²) in [5.74, 6) is 0.873. The van der Waals surface area contributed by atoms with Gasteiger partial charge in [0, 0.05) is 25.7 Å². The fourth-order valence-corrected chi connectivity index (χ4v) is 4.67. The summed E-state index contributed by atoms with van der Waals surface area (Å²) >= 11 is 0. The molecule has 1 saturated carbocycles. The fraction of sp³-hybridized carbons (Fsp3) is 0.944. The third kappa shape index (κ3) is 4.38. The number of carbonyl (C=O) groups excluding carboxylic acids is 1. The second-order valence-corrected chi connectivity index (χ2v) is 7.65. The highest BCUT2D eigenvalue weighted by Crippen LogP contribution is 2.27. The van der Waals surface area contributed by atoms with Crippen molar-refractivity contribution in [3.63, 3.8) is 0 Å². The molecule has 132 valence electrons. The van der Waals surface area contributed by atoms with Crippen LogP contribution in [0.3, 0.4) is 0 Å². The van der Waals surface area contributed by atoms with Gasteiger partial charge in [-0.1, -0.05) is 19.3 Å². The average molecular weight is 323 g/mol. The molecule has 0 spiro atoms. The molecule has 3 rings (SSSR count). The smallest absolute Gasteiger partial charge is 0.317 e. The van der Waals surface area contributed by atoms with Crippen LogP contribution in [-0.2, 0) is 0 Å². The van der Waals surface area contributed by atoms with E-state index in [9.17, 15) is 9.90 Å². The van der Waals surface area contributed by atoms with Crippen molar-refractivity contribution in [2.24, 2.45) is 5.92 Å². The number of likely N-dealkylation sites (tertiary alicyclic amines) is 2. The number of aliphatic hydroxyl groups excluding tert-OH is 1. The highest BCUT2D eigenvalue weighted by Gasteiger charge is 2.31. The van der Waals surface area contributed by atoms with E-state index in [4.69, 9.17) is 0 Å². The van der Waals surface area contributed by atoms with Gasteiger partial charge >= 0.3 is 6.03 Å². The zero-order chi connectivity index (χ0) is 16.1. The van der Waals surface area contributed by atoms with E-state index in [0.717, 1.165) is 31.8 Å². The maximum absolute atomic E-state index is 12.4. The van der Waals surface area contributed by atoms with Crippen molar-refractivity contribution in [2.45, 2.75) is 69.9 Å². The number of aliphatic hydroxyl groups is 1. The number of hydrogen-bond donors (Lipinski definition) is 2. The quantitative estimate of drug-likeness (QED) is 0.815. The van der Waals surface area contributed by atoms with Gasteiger partial charge in [0.15, 0.2) is 0 Å². The predicted molar refractivity (Wildman–Crippen MR) is 91.4 cm³/mol. The average Bonchev–Trinajstić information content (AvgIpc) is 3.22. The Balaban J connectivity index is 1.44. The van der Waals surface area contributed by atoms with Crippen LogP contribution >= 0.6 is 0 Å². The third-order valence-corrected chi connectivity index (χ3v) is 6.05. The molecule has 2 atom stereocenters. The zero-order valence-corrected chi connectivity index (χ0v) is 14.4. The van der Waals surface area contributed by atoms with Gasteiger partial charge in [0.05, 0.1) is 12.6 Å². The van der Waals surface area contributed by atoms with E-state index in [2.05, 4.69) is 10.2 Å². The first-order valence-electron chi connectivity index (χ1n) is 9.67. The first-order valence-corrected chi connectivity index (χ1v) is 9.67. The molecule has 2 amide bonds. The van der Waals surface area contributed by atoms with Crippen LogP contribution in [0.2, 0.25) is 0 Å². The van der Waals surface area contributed by atoms with Crippen molar-refractivity contribution >= 4 is 6.03 Å². The Bertz CT molecular complexity index is 384. The summed E-state index contributed by atoms with van der Waals surface area (Å²) in [4.78, 5) is 16.8. The van der Waals surface area contributed by atoms with E-state index in [1.807, 2.05) is 4.90 Å². The van der Waals surface area contributed by atoms with Gasteiger partial charge < -0.3 is 15.3 Å². The van der Waals surface area contributed by atoms with Crippen LogP contribution in [0, 0.1) is 5.92 Å². The number of urea groups is 1. The molecule has 1 aliphatic carbocycles. The summed E-state index contributed by atoms with van der Waals surface area (Å²) in [6.45, 7) is 4.06. The topological polar surface area (TPSA) is 55.8 Å².